The number of hydrogen-bond donors (Lipinski definition) is 3. The van der Waals surface area contributed by atoms with Gasteiger partial charge in [-0.3, -0.25) is 0 Å². The van der Waals surface area contributed by atoms with Gasteiger partial charge in [-0.1, -0.05) is 11.3 Å². The Morgan fingerprint density at radius 1 is 1.70 bits per heavy atom. The summed E-state index contributed by atoms with van der Waals surface area (Å²) in [5.41, 5.74) is 6.25. The lowest BCUT2D eigenvalue weighted by Gasteiger charge is -1.76. The molecule has 2 aromatic heterocycles. The summed E-state index contributed by atoms with van der Waals surface area (Å²) in [7, 11) is 0. The molecule has 0 aliphatic rings. The Morgan fingerprint density at radius 2 is 2.50 bits per heavy atom. The smallest absolute Gasteiger partial charge is 0.292 e. The highest BCUT2D eigenvalue weighted by Gasteiger charge is 2.03. The molecule has 10 heavy (non-hydrogen) atoms. The van der Waals surface area contributed by atoms with E-state index in [0.717, 1.165) is 10.3 Å². The van der Waals surface area contributed by atoms with Crippen LogP contribution in [0.1, 0.15) is 0 Å². The van der Waals surface area contributed by atoms with E-state index in [2.05, 4.69) is 9.97 Å². The van der Waals surface area contributed by atoms with Gasteiger partial charge in [0.05, 0.1) is 10.5 Å². The third-order valence-electron chi connectivity index (χ3n) is 1.19. The number of imidazole rings is 1. The van der Waals surface area contributed by atoms with Gasteiger partial charge in [0, 0.05) is 0 Å². The summed E-state index contributed by atoms with van der Waals surface area (Å²) in [6, 6.07) is 1.69. The Balaban J connectivity index is 2.83. The number of thiophene rings is 1. The average molecular weight is 155 g/mol. The first-order chi connectivity index (χ1) is 4.75. The van der Waals surface area contributed by atoms with Crippen LogP contribution in [0.25, 0.3) is 10.3 Å². The molecule has 0 saturated heterocycles. The molecule has 0 aromatic carbocycles. The Hall–Kier alpha value is -1.23. The molecule has 0 spiro atoms. The number of hydrogen-bond acceptors (Lipinski definition) is 4. The van der Waals surface area contributed by atoms with Gasteiger partial charge in [0.25, 0.3) is 6.01 Å². The molecule has 2 heterocycles. The number of aromatic nitrogens is 2. The third kappa shape index (κ3) is 0.640. The topological polar surface area (TPSA) is 74.9 Å². The second-order valence-corrected chi connectivity index (χ2v) is 2.99. The third-order valence-corrected chi connectivity index (χ3v) is 2.04. The molecule has 4 N–H and O–H groups in total. The number of fused-ring (bicyclic) bond motifs is 1. The number of nitrogen functional groups attached to an aromatic ring is 1. The molecule has 0 radical (unpaired) electrons. The summed E-state index contributed by atoms with van der Waals surface area (Å²) in [6.07, 6.45) is 0. The normalized spacial score (nSPS) is 10.8. The van der Waals surface area contributed by atoms with Gasteiger partial charge in [-0.2, -0.15) is 4.98 Å². The largest absolute Gasteiger partial charge is 0.480 e. The zero-order chi connectivity index (χ0) is 7.14. The highest BCUT2D eigenvalue weighted by molar-refractivity contribution is 7.22. The second kappa shape index (κ2) is 1.63. The summed E-state index contributed by atoms with van der Waals surface area (Å²) < 4.78 is 0. The first-order valence-electron chi connectivity index (χ1n) is 2.70. The van der Waals surface area contributed by atoms with Crippen molar-refractivity contribution in [1.29, 1.82) is 0 Å². The molecule has 2 aromatic rings. The molecule has 5 heteroatoms. The Morgan fingerprint density at radius 3 is 3.20 bits per heavy atom. The molecule has 0 amide bonds. The van der Waals surface area contributed by atoms with Crippen molar-refractivity contribution < 1.29 is 5.11 Å². The van der Waals surface area contributed by atoms with E-state index in [0.29, 0.717) is 5.00 Å². The molecular formula is C5H5N3OS. The van der Waals surface area contributed by atoms with E-state index in [4.69, 9.17) is 10.8 Å². The Kier molecular flexibility index (Phi) is 0.906. The molecule has 4 nitrogen and oxygen atoms in total. The quantitative estimate of drug-likeness (QED) is 0.529. The van der Waals surface area contributed by atoms with Crippen LogP contribution in [-0.4, -0.2) is 15.1 Å². The van der Waals surface area contributed by atoms with Crippen molar-refractivity contribution >= 4 is 26.7 Å². The molecular weight excluding hydrogens is 150 g/mol. The number of rotatable bonds is 0. The molecule has 0 bridgehead atoms. The van der Waals surface area contributed by atoms with Crippen molar-refractivity contribution in [1.82, 2.24) is 9.97 Å². The van der Waals surface area contributed by atoms with Gasteiger partial charge >= 0.3 is 0 Å². The van der Waals surface area contributed by atoms with Crippen LogP contribution in [-0.2, 0) is 0 Å². The van der Waals surface area contributed by atoms with Crippen LogP contribution < -0.4 is 5.73 Å². The van der Waals surface area contributed by atoms with Gasteiger partial charge in [0.15, 0.2) is 0 Å². The van der Waals surface area contributed by atoms with E-state index in [1.165, 1.54) is 11.3 Å². The van der Waals surface area contributed by atoms with Crippen LogP contribution in [0.15, 0.2) is 6.07 Å². The van der Waals surface area contributed by atoms with Crippen molar-refractivity contribution in [2.24, 2.45) is 0 Å². The molecule has 0 saturated carbocycles. The summed E-state index contributed by atoms with van der Waals surface area (Å²) in [5.74, 6) is 0. The van der Waals surface area contributed by atoms with E-state index in [9.17, 15) is 0 Å². The van der Waals surface area contributed by atoms with Gasteiger partial charge in [-0.15, -0.1) is 0 Å². The zero-order valence-electron chi connectivity index (χ0n) is 4.96. The van der Waals surface area contributed by atoms with Crippen molar-refractivity contribution in [2.75, 3.05) is 5.73 Å². The SMILES string of the molecule is Nc1cc2[nH]c(O)nc2s1. The molecule has 52 valence electrons. The standard InChI is InChI=1S/C5H5N3OS/c6-3-1-2-4(10-3)8-5(9)7-2/h1H,6H2,(H2,7,8,9). The minimum Gasteiger partial charge on any atom is -0.480 e. The molecule has 0 atom stereocenters. The summed E-state index contributed by atoms with van der Waals surface area (Å²) in [4.78, 5) is 7.17. The van der Waals surface area contributed by atoms with E-state index in [1.54, 1.807) is 6.07 Å². The van der Waals surface area contributed by atoms with Crippen LogP contribution in [0.5, 0.6) is 6.01 Å². The van der Waals surface area contributed by atoms with Crippen LogP contribution >= 0.6 is 11.3 Å². The summed E-state index contributed by atoms with van der Waals surface area (Å²) >= 11 is 1.35. The van der Waals surface area contributed by atoms with Crippen LogP contribution in [0, 0.1) is 0 Å². The predicted octanol–water partition coefficient (Wildman–Crippen LogP) is 0.912. The Labute approximate surface area is 60.3 Å². The molecule has 0 aliphatic carbocycles. The Bertz CT molecular complexity index is 301. The minimum atomic E-state index is -0.0544. The second-order valence-electron chi connectivity index (χ2n) is 1.93. The number of nitrogens with zero attached hydrogens (tertiary/aromatic N) is 1. The van der Waals surface area contributed by atoms with Crippen molar-refractivity contribution in [3.05, 3.63) is 6.07 Å². The van der Waals surface area contributed by atoms with Gasteiger partial charge in [0.1, 0.15) is 4.83 Å². The number of aromatic hydroxyl groups is 1. The maximum absolute atomic E-state index is 8.84. The van der Waals surface area contributed by atoms with E-state index < -0.39 is 0 Å². The molecule has 0 unspecified atom stereocenters. The average Bonchev–Trinajstić information content (AvgIpc) is 2.21. The lowest BCUT2D eigenvalue weighted by molar-refractivity contribution is 0.438. The number of nitrogens with one attached hydrogen (secondary N) is 1. The monoisotopic (exact) mass is 155 g/mol. The lowest BCUT2D eigenvalue weighted by atomic mass is 10.5. The van der Waals surface area contributed by atoms with E-state index >= 15 is 0 Å². The predicted molar refractivity (Wildman–Crippen MR) is 40.0 cm³/mol. The highest BCUT2D eigenvalue weighted by Crippen LogP contribution is 2.26. The van der Waals surface area contributed by atoms with Crippen LogP contribution in [0.4, 0.5) is 5.00 Å². The summed E-state index contributed by atoms with van der Waals surface area (Å²) in [6.45, 7) is 0. The fourth-order valence-electron chi connectivity index (χ4n) is 0.817. The van der Waals surface area contributed by atoms with Gasteiger partial charge in [-0.05, 0) is 6.07 Å². The lowest BCUT2D eigenvalue weighted by Crippen LogP contribution is -1.74. The van der Waals surface area contributed by atoms with Gasteiger partial charge in [-0.25, -0.2) is 0 Å². The van der Waals surface area contributed by atoms with Gasteiger partial charge in [0.2, 0.25) is 0 Å². The zero-order valence-corrected chi connectivity index (χ0v) is 5.77. The number of aromatic amines is 1. The molecule has 0 aliphatic heterocycles. The van der Waals surface area contributed by atoms with Crippen molar-refractivity contribution in [3.63, 3.8) is 0 Å². The fourth-order valence-corrected chi connectivity index (χ4v) is 1.57. The first-order valence-corrected chi connectivity index (χ1v) is 3.51. The van der Waals surface area contributed by atoms with Crippen LogP contribution in [0.3, 0.4) is 0 Å². The minimum absolute atomic E-state index is 0.0544. The van der Waals surface area contributed by atoms with Crippen LogP contribution in [0.2, 0.25) is 0 Å². The highest BCUT2D eigenvalue weighted by atomic mass is 32.1. The number of nitrogens with two attached hydrogens (primary N) is 1. The van der Waals surface area contributed by atoms with E-state index in [1.807, 2.05) is 0 Å². The van der Waals surface area contributed by atoms with E-state index in [-0.39, 0.29) is 6.01 Å². The molecule has 2 rings (SSSR count). The van der Waals surface area contributed by atoms with Crippen molar-refractivity contribution in [2.45, 2.75) is 0 Å². The fraction of sp³-hybridized carbons (Fsp3) is 0. The number of H-pyrrole nitrogens is 1. The van der Waals surface area contributed by atoms with Gasteiger partial charge < -0.3 is 15.8 Å². The summed E-state index contributed by atoms with van der Waals surface area (Å²) in [5, 5.41) is 9.54. The molecule has 0 fully saturated rings. The van der Waals surface area contributed by atoms with Crippen molar-refractivity contribution in [3.8, 4) is 6.01 Å². The first kappa shape index (κ1) is 5.55. The maximum atomic E-state index is 8.84. The number of anilines is 1. The maximum Gasteiger partial charge on any atom is 0.292 e.